The topological polar surface area (TPSA) is 80.7 Å². The minimum absolute atomic E-state index is 0.149. The summed E-state index contributed by atoms with van der Waals surface area (Å²) in [5.74, 6) is 0.357. The largest absolute Gasteiger partial charge is 0.463 e. The van der Waals surface area contributed by atoms with Crippen molar-refractivity contribution >= 4 is 23.0 Å². The van der Waals surface area contributed by atoms with Crippen molar-refractivity contribution in [1.82, 2.24) is 14.6 Å². The van der Waals surface area contributed by atoms with Gasteiger partial charge in [0.2, 0.25) is 0 Å². The number of nitrogens with zero attached hydrogens (tertiary/aromatic N) is 4. The maximum atomic E-state index is 13.2. The van der Waals surface area contributed by atoms with Gasteiger partial charge in [-0.25, -0.2) is 9.99 Å². The van der Waals surface area contributed by atoms with Crippen molar-refractivity contribution in [2.45, 2.75) is 19.0 Å². The molecule has 7 nitrogen and oxygen atoms in total. The van der Waals surface area contributed by atoms with Crippen molar-refractivity contribution in [2.24, 2.45) is 5.10 Å². The van der Waals surface area contributed by atoms with E-state index in [2.05, 4.69) is 10.1 Å². The Morgan fingerprint density at radius 3 is 2.74 bits per heavy atom. The quantitative estimate of drug-likeness (QED) is 0.480. The summed E-state index contributed by atoms with van der Waals surface area (Å²) in [6.45, 7) is -0.149. The summed E-state index contributed by atoms with van der Waals surface area (Å²) in [6, 6.07) is 16.6. The van der Waals surface area contributed by atoms with Crippen LogP contribution in [0.1, 0.15) is 23.1 Å². The number of benzene rings is 1. The fourth-order valence-electron chi connectivity index (χ4n) is 3.63. The number of amides is 1. The van der Waals surface area contributed by atoms with E-state index in [-0.39, 0.29) is 24.1 Å². The van der Waals surface area contributed by atoms with E-state index in [0.29, 0.717) is 23.5 Å². The molecule has 4 aromatic rings. The summed E-state index contributed by atoms with van der Waals surface area (Å²) in [4.78, 5) is 31.4. The lowest BCUT2D eigenvalue weighted by Gasteiger charge is -2.21. The van der Waals surface area contributed by atoms with Crippen molar-refractivity contribution in [3.8, 4) is 11.1 Å². The van der Waals surface area contributed by atoms with Crippen LogP contribution < -0.4 is 5.56 Å². The van der Waals surface area contributed by atoms with Gasteiger partial charge in [0.1, 0.15) is 18.0 Å². The van der Waals surface area contributed by atoms with E-state index in [0.717, 1.165) is 10.4 Å². The van der Waals surface area contributed by atoms with Crippen LogP contribution >= 0.6 is 11.3 Å². The lowest BCUT2D eigenvalue weighted by Crippen LogP contribution is -2.34. The van der Waals surface area contributed by atoms with Crippen LogP contribution in [-0.4, -0.2) is 26.2 Å². The number of thiophene rings is 1. The fourth-order valence-corrected chi connectivity index (χ4v) is 4.44. The third-order valence-electron chi connectivity index (χ3n) is 5.13. The van der Waals surface area contributed by atoms with Crippen LogP contribution in [0.4, 0.5) is 0 Å². The van der Waals surface area contributed by atoms with Crippen molar-refractivity contribution in [3.05, 3.63) is 99.8 Å². The number of rotatable bonds is 5. The van der Waals surface area contributed by atoms with Crippen molar-refractivity contribution in [2.75, 3.05) is 0 Å². The van der Waals surface area contributed by atoms with Gasteiger partial charge in [-0.1, -0.05) is 36.4 Å². The molecular weight excluding hydrogens is 412 g/mol. The molecule has 0 spiro atoms. The Kier molecular flexibility index (Phi) is 5.05. The third-order valence-corrected chi connectivity index (χ3v) is 6.11. The average Bonchev–Trinajstić information content (AvgIpc) is 3.56. The molecule has 5 rings (SSSR count). The molecule has 1 aliphatic rings. The van der Waals surface area contributed by atoms with Crippen molar-refractivity contribution < 1.29 is 9.21 Å². The van der Waals surface area contributed by atoms with E-state index in [1.807, 2.05) is 53.9 Å². The highest BCUT2D eigenvalue weighted by Crippen LogP contribution is 2.35. The third kappa shape index (κ3) is 3.73. The highest BCUT2D eigenvalue weighted by atomic mass is 32.1. The van der Waals surface area contributed by atoms with Crippen LogP contribution in [0.3, 0.4) is 0 Å². The molecule has 0 saturated heterocycles. The molecule has 1 aliphatic heterocycles. The normalized spacial score (nSPS) is 15.8. The van der Waals surface area contributed by atoms with Crippen LogP contribution in [0.2, 0.25) is 0 Å². The van der Waals surface area contributed by atoms with Gasteiger partial charge in [-0.3, -0.25) is 14.2 Å². The molecule has 0 saturated carbocycles. The number of hydrogen-bond donors (Lipinski definition) is 0. The van der Waals surface area contributed by atoms with Gasteiger partial charge in [0.25, 0.3) is 11.5 Å². The summed E-state index contributed by atoms with van der Waals surface area (Å²) < 4.78 is 6.81. The monoisotopic (exact) mass is 430 g/mol. The standard InChI is InChI=1S/C23H18N4O3S/c28-22(14-26-15-24-13-17(23(26)29)16-6-2-1-3-7-16)27-19(21-9-5-11-31-21)12-18(25-27)20-8-4-10-30-20/h1-11,13,15,19H,12,14H2. The summed E-state index contributed by atoms with van der Waals surface area (Å²) >= 11 is 1.57. The Morgan fingerprint density at radius 1 is 1.13 bits per heavy atom. The maximum absolute atomic E-state index is 13.2. The minimum atomic E-state index is -0.283. The molecule has 1 amide bonds. The minimum Gasteiger partial charge on any atom is -0.463 e. The molecule has 0 aliphatic carbocycles. The summed E-state index contributed by atoms with van der Waals surface area (Å²) in [7, 11) is 0. The van der Waals surface area contributed by atoms with Gasteiger partial charge in [-0.2, -0.15) is 5.10 Å². The van der Waals surface area contributed by atoms with Crippen molar-refractivity contribution in [1.29, 1.82) is 0 Å². The highest BCUT2D eigenvalue weighted by Gasteiger charge is 2.34. The zero-order valence-electron chi connectivity index (χ0n) is 16.4. The smallest absolute Gasteiger partial charge is 0.263 e. The van der Waals surface area contributed by atoms with E-state index in [4.69, 9.17) is 4.42 Å². The zero-order chi connectivity index (χ0) is 21.2. The Balaban J connectivity index is 1.45. The van der Waals surface area contributed by atoms with Crippen molar-refractivity contribution in [3.63, 3.8) is 0 Å². The van der Waals surface area contributed by atoms with Crippen LogP contribution in [-0.2, 0) is 11.3 Å². The molecule has 154 valence electrons. The van der Waals surface area contributed by atoms with Gasteiger partial charge in [-0.15, -0.1) is 11.3 Å². The van der Waals surface area contributed by atoms with Gasteiger partial charge in [0.05, 0.1) is 24.2 Å². The fraction of sp³-hybridized carbons (Fsp3) is 0.130. The van der Waals surface area contributed by atoms with E-state index >= 15 is 0 Å². The number of hydrazone groups is 1. The first-order valence-corrected chi connectivity index (χ1v) is 10.7. The van der Waals surface area contributed by atoms with Gasteiger partial charge in [0, 0.05) is 17.5 Å². The predicted molar refractivity (Wildman–Crippen MR) is 118 cm³/mol. The number of aromatic nitrogens is 2. The second kappa shape index (κ2) is 8.16. The molecule has 31 heavy (non-hydrogen) atoms. The van der Waals surface area contributed by atoms with Gasteiger partial charge < -0.3 is 4.42 Å². The van der Waals surface area contributed by atoms with Crippen LogP contribution in [0, 0.1) is 0 Å². The lowest BCUT2D eigenvalue weighted by molar-refractivity contribution is -0.133. The Hall–Kier alpha value is -3.78. The van der Waals surface area contributed by atoms with Gasteiger partial charge in [-0.05, 0) is 29.1 Å². The molecule has 1 unspecified atom stereocenters. The van der Waals surface area contributed by atoms with Gasteiger partial charge in [0.15, 0.2) is 0 Å². The molecule has 8 heteroatoms. The second-order valence-corrected chi connectivity index (χ2v) is 8.08. The summed E-state index contributed by atoms with van der Waals surface area (Å²) in [5.41, 5.74) is 1.65. The number of carbonyl (C=O) groups is 1. The lowest BCUT2D eigenvalue weighted by atomic mass is 10.1. The van der Waals surface area contributed by atoms with Crippen LogP contribution in [0.25, 0.3) is 11.1 Å². The van der Waals surface area contributed by atoms with E-state index in [1.165, 1.54) is 22.1 Å². The van der Waals surface area contributed by atoms with E-state index in [1.54, 1.807) is 23.7 Å². The average molecular weight is 430 g/mol. The first-order chi connectivity index (χ1) is 15.2. The first-order valence-electron chi connectivity index (χ1n) is 9.77. The number of hydrogen-bond acceptors (Lipinski definition) is 6. The SMILES string of the molecule is O=C(Cn1cncc(-c2ccccc2)c1=O)N1N=C(c2ccco2)CC1c1cccs1. The molecule has 0 bridgehead atoms. The number of carbonyl (C=O) groups excluding carboxylic acids is 1. The highest BCUT2D eigenvalue weighted by molar-refractivity contribution is 7.10. The molecular formula is C23H18N4O3S. The summed E-state index contributed by atoms with van der Waals surface area (Å²) in [5, 5.41) is 7.99. The van der Waals surface area contributed by atoms with Crippen LogP contribution in [0.15, 0.2) is 93.1 Å². The van der Waals surface area contributed by atoms with Crippen LogP contribution in [0.5, 0.6) is 0 Å². The van der Waals surface area contributed by atoms with Gasteiger partial charge >= 0.3 is 0 Å². The zero-order valence-corrected chi connectivity index (χ0v) is 17.2. The number of furan rings is 1. The Labute approximate surface area is 181 Å². The molecule has 1 atom stereocenters. The summed E-state index contributed by atoms with van der Waals surface area (Å²) in [6.07, 6.45) is 5.05. The maximum Gasteiger partial charge on any atom is 0.263 e. The molecule has 0 radical (unpaired) electrons. The Morgan fingerprint density at radius 2 is 2.00 bits per heavy atom. The molecule has 0 fully saturated rings. The first kappa shape index (κ1) is 19.2. The molecule has 3 aromatic heterocycles. The predicted octanol–water partition coefficient (Wildman–Crippen LogP) is 3.94. The Bertz CT molecular complexity index is 1280. The van der Waals surface area contributed by atoms with E-state index < -0.39 is 0 Å². The van der Waals surface area contributed by atoms with E-state index in [9.17, 15) is 9.59 Å². The molecule has 0 N–H and O–H groups in total. The second-order valence-electron chi connectivity index (χ2n) is 7.10. The molecule has 4 heterocycles. The molecule has 1 aromatic carbocycles.